The largest absolute Gasteiger partial charge is 0.464 e. The third kappa shape index (κ3) is 3.28. The second kappa shape index (κ2) is 6.60. The molecule has 0 saturated heterocycles. The quantitative estimate of drug-likeness (QED) is 0.771. The molecule has 20 heavy (non-hydrogen) atoms. The fourth-order valence-electron chi connectivity index (χ4n) is 1.77. The topological polar surface area (TPSA) is 68.2 Å². The van der Waals surface area contributed by atoms with E-state index in [2.05, 4.69) is 19.7 Å². The number of carbonyl (C=O) groups is 1. The second-order valence-electron chi connectivity index (χ2n) is 4.12. The van der Waals surface area contributed by atoms with Gasteiger partial charge in [-0.05, 0) is 24.6 Å². The standard InChI is InChI=1S/C14H16N4O2/c1-3-18(10-11-4-6-15-7-5-11)13-9-16-8-12(17-13)14(19)20-2/h4-9H,3,10H2,1-2H3. The molecular weight excluding hydrogens is 256 g/mol. The Morgan fingerprint density at radius 3 is 2.65 bits per heavy atom. The van der Waals surface area contributed by atoms with E-state index < -0.39 is 5.97 Å². The van der Waals surface area contributed by atoms with Gasteiger partial charge in [-0.2, -0.15) is 0 Å². The van der Waals surface area contributed by atoms with E-state index in [1.807, 2.05) is 24.0 Å². The van der Waals surface area contributed by atoms with Gasteiger partial charge < -0.3 is 9.64 Å². The van der Waals surface area contributed by atoms with Crippen LogP contribution < -0.4 is 4.90 Å². The van der Waals surface area contributed by atoms with Gasteiger partial charge in [0.2, 0.25) is 0 Å². The number of aromatic nitrogens is 3. The summed E-state index contributed by atoms with van der Waals surface area (Å²) in [7, 11) is 1.32. The highest BCUT2D eigenvalue weighted by Crippen LogP contribution is 2.13. The Hall–Kier alpha value is -2.50. The lowest BCUT2D eigenvalue weighted by Crippen LogP contribution is -2.24. The van der Waals surface area contributed by atoms with E-state index in [4.69, 9.17) is 0 Å². The number of hydrogen-bond donors (Lipinski definition) is 0. The molecule has 0 aliphatic rings. The number of ether oxygens (including phenoxy) is 1. The second-order valence-corrected chi connectivity index (χ2v) is 4.12. The molecule has 0 amide bonds. The smallest absolute Gasteiger partial charge is 0.358 e. The van der Waals surface area contributed by atoms with Crippen LogP contribution in [-0.2, 0) is 11.3 Å². The van der Waals surface area contributed by atoms with Crippen LogP contribution in [0.3, 0.4) is 0 Å². The van der Waals surface area contributed by atoms with Gasteiger partial charge in [0.05, 0.1) is 19.5 Å². The third-order valence-electron chi connectivity index (χ3n) is 2.84. The minimum absolute atomic E-state index is 0.207. The maximum atomic E-state index is 11.5. The molecule has 0 atom stereocenters. The Bertz CT molecular complexity index is 574. The number of hydrogen-bond acceptors (Lipinski definition) is 6. The normalized spacial score (nSPS) is 10.1. The van der Waals surface area contributed by atoms with Crippen LogP contribution in [0.15, 0.2) is 36.9 Å². The van der Waals surface area contributed by atoms with E-state index in [-0.39, 0.29) is 5.69 Å². The summed E-state index contributed by atoms with van der Waals surface area (Å²) in [4.78, 5) is 25.8. The maximum Gasteiger partial charge on any atom is 0.358 e. The average molecular weight is 272 g/mol. The molecule has 2 aromatic rings. The van der Waals surface area contributed by atoms with Crippen molar-refractivity contribution in [3.8, 4) is 0 Å². The van der Waals surface area contributed by atoms with Gasteiger partial charge in [-0.25, -0.2) is 9.78 Å². The van der Waals surface area contributed by atoms with Crippen LogP contribution in [0.2, 0.25) is 0 Å². The molecule has 2 aromatic heterocycles. The molecule has 0 saturated carbocycles. The van der Waals surface area contributed by atoms with Crippen molar-refractivity contribution in [2.45, 2.75) is 13.5 Å². The van der Waals surface area contributed by atoms with Crippen LogP contribution >= 0.6 is 0 Å². The van der Waals surface area contributed by atoms with Crippen molar-refractivity contribution in [2.75, 3.05) is 18.6 Å². The lowest BCUT2D eigenvalue weighted by atomic mass is 10.2. The molecule has 0 radical (unpaired) electrons. The van der Waals surface area contributed by atoms with Crippen molar-refractivity contribution in [3.63, 3.8) is 0 Å². The van der Waals surface area contributed by atoms with Crippen molar-refractivity contribution in [1.82, 2.24) is 15.0 Å². The van der Waals surface area contributed by atoms with Crippen LogP contribution in [-0.4, -0.2) is 34.6 Å². The molecule has 0 aliphatic heterocycles. The van der Waals surface area contributed by atoms with Crippen molar-refractivity contribution in [1.29, 1.82) is 0 Å². The number of anilines is 1. The minimum Gasteiger partial charge on any atom is -0.464 e. The van der Waals surface area contributed by atoms with E-state index in [1.165, 1.54) is 13.3 Å². The summed E-state index contributed by atoms with van der Waals surface area (Å²) < 4.78 is 4.65. The monoisotopic (exact) mass is 272 g/mol. The Labute approximate surface area is 117 Å². The van der Waals surface area contributed by atoms with Gasteiger partial charge in [0, 0.05) is 25.5 Å². The molecule has 2 heterocycles. The lowest BCUT2D eigenvalue weighted by Gasteiger charge is -2.21. The third-order valence-corrected chi connectivity index (χ3v) is 2.84. The summed E-state index contributed by atoms with van der Waals surface area (Å²) in [5.41, 5.74) is 1.32. The molecular formula is C14H16N4O2. The van der Waals surface area contributed by atoms with E-state index in [9.17, 15) is 4.79 Å². The van der Waals surface area contributed by atoms with Gasteiger partial charge in [0.15, 0.2) is 5.69 Å². The van der Waals surface area contributed by atoms with Crippen molar-refractivity contribution in [2.24, 2.45) is 0 Å². The van der Waals surface area contributed by atoms with Crippen molar-refractivity contribution < 1.29 is 9.53 Å². The number of esters is 1. The molecule has 6 nitrogen and oxygen atoms in total. The molecule has 0 bridgehead atoms. The fraction of sp³-hybridized carbons (Fsp3) is 0.286. The summed E-state index contributed by atoms with van der Waals surface area (Å²) in [5.74, 6) is 0.159. The summed E-state index contributed by atoms with van der Waals surface area (Å²) in [6.07, 6.45) is 6.53. The Morgan fingerprint density at radius 2 is 2.00 bits per heavy atom. The van der Waals surface area contributed by atoms with Crippen LogP contribution in [0.5, 0.6) is 0 Å². The first-order valence-corrected chi connectivity index (χ1v) is 6.28. The molecule has 0 aromatic carbocycles. The number of nitrogens with zero attached hydrogens (tertiary/aromatic N) is 4. The molecule has 6 heteroatoms. The SMILES string of the molecule is CCN(Cc1ccncc1)c1cncc(C(=O)OC)n1. The molecule has 0 fully saturated rings. The first-order chi connectivity index (χ1) is 9.74. The summed E-state index contributed by atoms with van der Waals surface area (Å²) in [6.45, 7) is 3.45. The highest BCUT2D eigenvalue weighted by Gasteiger charge is 2.12. The van der Waals surface area contributed by atoms with Gasteiger partial charge in [-0.3, -0.25) is 9.97 Å². The summed E-state index contributed by atoms with van der Waals surface area (Å²) in [6, 6.07) is 3.89. The Morgan fingerprint density at radius 1 is 1.25 bits per heavy atom. The number of pyridine rings is 1. The molecule has 104 valence electrons. The van der Waals surface area contributed by atoms with E-state index in [1.54, 1.807) is 18.6 Å². The molecule has 0 spiro atoms. The van der Waals surface area contributed by atoms with Crippen molar-refractivity contribution >= 4 is 11.8 Å². The Balaban J connectivity index is 2.21. The van der Waals surface area contributed by atoms with Crippen LogP contribution in [0.1, 0.15) is 23.0 Å². The maximum absolute atomic E-state index is 11.5. The van der Waals surface area contributed by atoms with Gasteiger partial charge in [-0.1, -0.05) is 0 Å². The van der Waals surface area contributed by atoms with E-state index in [0.717, 1.165) is 12.1 Å². The number of rotatable bonds is 5. The van der Waals surface area contributed by atoms with Gasteiger partial charge in [0.25, 0.3) is 0 Å². The van der Waals surface area contributed by atoms with E-state index in [0.29, 0.717) is 12.4 Å². The number of methoxy groups -OCH3 is 1. The summed E-state index contributed by atoms with van der Waals surface area (Å²) >= 11 is 0. The molecule has 0 aliphatic carbocycles. The predicted octanol–water partition coefficient (Wildman–Crippen LogP) is 1.68. The van der Waals surface area contributed by atoms with Crippen LogP contribution in [0.25, 0.3) is 0 Å². The minimum atomic E-state index is -0.487. The average Bonchev–Trinajstić information content (AvgIpc) is 2.53. The first kappa shape index (κ1) is 13.9. The zero-order valence-electron chi connectivity index (χ0n) is 11.5. The molecule has 0 N–H and O–H groups in total. The fourth-order valence-corrected chi connectivity index (χ4v) is 1.77. The highest BCUT2D eigenvalue weighted by molar-refractivity contribution is 5.87. The zero-order chi connectivity index (χ0) is 14.4. The van der Waals surface area contributed by atoms with Gasteiger partial charge in [0.1, 0.15) is 5.82 Å². The Kier molecular flexibility index (Phi) is 4.60. The van der Waals surface area contributed by atoms with Crippen LogP contribution in [0.4, 0.5) is 5.82 Å². The van der Waals surface area contributed by atoms with E-state index >= 15 is 0 Å². The molecule has 0 unspecified atom stereocenters. The lowest BCUT2D eigenvalue weighted by molar-refractivity contribution is 0.0593. The number of carbonyl (C=O) groups excluding carboxylic acids is 1. The summed E-state index contributed by atoms with van der Waals surface area (Å²) in [5, 5.41) is 0. The zero-order valence-corrected chi connectivity index (χ0v) is 11.5. The first-order valence-electron chi connectivity index (χ1n) is 6.28. The predicted molar refractivity (Wildman–Crippen MR) is 74.3 cm³/mol. The van der Waals surface area contributed by atoms with Crippen LogP contribution in [0, 0.1) is 0 Å². The highest BCUT2D eigenvalue weighted by atomic mass is 16.5. The van der Waals surface area contributed by atoms with Crippen molar-refractivity contribution in [3.05, 3.63) is 48.2 Å². The molecule has 2 rings (SSSR count). The van der Waals surface area contributed by atoms with Gasteiger partial charge >= 0.3 is 5.97 Å². The van der Waals surface area contributed by atoms with Gasteiger partial charge in [-0.15, -0.1) is 0 Å².